The van der Waals surface area contributed by atoms with E-state index in [0.717, 1.165) is 12.0 Å². The number of amides is 1. The lowest BCUT2D eigenvalue weighted by Gasteiger charge is -2.36. The minimum Gasteiger partial charge on any atom is -0.481 e. The fraction of sp³-hybridized carbons (Fsp3) is 0.579. The Bertz CT molecular complexity index is 550. The normalized spacial score (nSPS) is 21.5. The van der Waals surface area contributed by atoms with E-state index in [9.17, 15) is 9.59 Å². The number of aliphatic carboxylic acids is 1. The highest BCUT2D eigenvalue weighted by atomic mass is 16.4. The van der Waals surface area contributed by atoms with Gasteiger partial charge in [-0.25, -0.2) is 0 Å². The molecule has 1 amide bonds. The van der Waals surface area contributed by atoms with Crippen molar-refractivity contribution in [2.24, 2.45) is 5.92 Å². The Morgan fingerprint density at radius 3 is 2.43 bits per heavy atom. The molecule has 1 N–H and O–H groups in total. The molecule has 0 bridgehead atoms. The van der Waals surface area contributed by atoms with Gasteiger partial charge in [-0.1, -0.05) is 38.1 Å². The third-order valence-corrected chi connectivity index (χ3v) is 4.83. The number of hydrogen-bond acceptors (Lipinski definition) is 2. The Balaban J connectivity index is 1.91. The Hall–Kier alpha value is -1.84. The van der Waals surface area contributed by atoms with Crippen LogP contribution in [0.3, 0.4) is 0 Å². The van der Waals surface area contributed by atoms with E-state index in [1.54, 1.807) is 4.90 Å². The largest absolute Gasteiger partial charge is 0.481 e. The molecule has 0 radical (unpaired) electrons. The minimum absolute atomic E-state index is 0.0661. The van der Waals surface area contributed by atoms with Gasteiger partial charge in [0.25, 0.3) is 0 Å². The van der Waals surface area contributed by atoms with Gasteiger partial charge < -0.3 is 10.0 Å². The molecular formula is C19H27NO3. The van der Waals surface area contributed by atoms with Crippen molar-refractivity contribution in [3.63, 3.8) is 0 Å². The predicted molar refractivity (Wildman–Crippen MR) is 90.4 cm³/mol. The molecule has 0 aromatic heterocycles. The Morgan fingerprint density at radius 1 is 1.22 bits per heavy atom. The standard InChI is InChI=1S/C19H27NO3/c1-13(2)16-9-5-15(6-10-16)7-11-18(21)20-12-17(19(22)23)8-4-14(20)3/h5-6,9-10,13-14,17H,4,7-8,11-12H2,1-3H3,(H,22,23). The second kappa shape index (κ2) is 7.62. The highest BCUT2D eigenvalue weighted by molar-refractivity contribution is 5.78. The number of rotatable bonds is 5. The molecule has 0 spiro atoms. The van der Waals surface area contributed by atoms with Gasteiger partial charge in [-0.05, 0) is 43.2 Å². The first-order valence-electron chi connectivity index (χ1n) is 8.49. The van der Waals surface area contributed by atoms with E-state index in [1.807, 2.05) is 6.92 Å². The molecular weight excluding hydrogens is 290 g/mol. The van der Waals surface area contributed by atoms with Crippen molar-refractivity contribution in [2.75, 3.05) is 6.54 Å². The molecule has 1 heterocycles. The molecule has 1 aromatic carbocycles. The summed E-state index contributed by atoms with van der Waals surface area (Å²) in [6, 6.07) is 8.55. The monoisotopic (exact) mass is 317 g/mol. The van der Waals surface area contributed by atoms with Crippen LogP contribution < -0.4 is 0 Å². The fourth-order valence-corrected chi connectivity index (χ4v) is 3.12. The molecule has 4 nitrogen and oxygen atoms in total. The lowest BCUT2D eigenvalue weighted by Crippen LogP contribution is -2.47. The number of benzene rings is 1. The lowest BCUT2D eigenvalue weighted by molar-refractivity contribution is -0.147. The average molecular weight is 317 g/mol. The van der Waals surface area contributed by atoms with Crippen LogP contribution in [0.15, 0.2) is 24.3 Å². The van der Waals surface area contributed by atoms with Gasteiger partial charge in [-0.15, -0.1) is 0 Å². The van der Waals surface area contributed by atoms with Crippen LogP contribution in [0.2, 0.25) is 0 Å². The van der Waals surface area contributed by atoms with Gasteiger partial charge in [0.15, 0.2) is 0 Å². The first-order valence-corrected chi connectivity index (χ1v) is 8.49. The SMILES string of the molecule is CC(C)c1ccc(CCC(=O)N2CC(C(=O)O)CCC2C)cc1. The molecule has 4 heteroatoms. The molecule has 1 fully saturated rings. The zero-order chi connectivity index (χ0) is 17.0. The molecule has 0 aliphatic carbocycles. The number of carbonyl (C=O) groups excluding carboxylic acids is 1. The number of aryl methyl sites for hydroxylation is 1. The van der Waals surface area contributed by atoms with Crippen molar-refractivity contribution in [3.8, 4) is 0 Å². The van der Waals surface area contributed by atoms with Gasteiger partial charge in [0, 0.05) is 19.0 Å². The van der Waals surface area contributed by atoms with E-state index in [4.69, 9.17) is 5.11 Å². The number of nitrogens with zero attached hydrogens (tertiary/aromatic N) is 1. The summed E-state index contributed by atoms with van der Waals surface area (Å²) in [6.07, 6.45) is 2.58. The minimum atomic E-state index is -0.793. The maximum atomic E-state index is 12.5. The summed E-state index contributed by atoms with van der Waals surface area (Å²) in [5, 5.41) is 9.16. The predicted octanol–water partition coefficient (Wildman–Crippen LogP) is 3.45. The first-order chi connectivity index (χ1) is 10.9. The van der Waals surface area contributed by atoms with Crippen LogP contribution in [-0.2, 0) is 16.0 Å². The Labute approximate surface area is 138 Å². The molecule has 2 unspecified atom stereocenters. The van der Waals surface area contributed by atoms with Gasteiger partial charge in [-0.3, -0.25) is 9.59 Å². The summed E-state index contributed by atoms with van der Waals surface area (Å²) >= 11 is 0. The van der Waals surface area contributed by atoms with Gasteiger partial charge in [0.2, 0.25) is 5.91 Å². The molecule has 1 aliphatic heterocycles. The van der Waals surface area contributed by atoms with E-state index in [1.165, 1.54) is 5.56 Å². The van der Waals surface area contributed by atoms with E-state index >= 15 is 0 Å². The highest BCUT2D eigenvalue weighted by Crippen LogP contribution is 2.23. The van der Waals surface area contributed by atoms with Gasteiger partial charge in [0.1, 0.15) is 0 Å². The molecule has 23 heavy (non-hydrogen) atoms. The lowest BCUT2D eigenvalue weighted by atomic mass is 9.93. The second-order valence-electron chi connectivity index (χ2n) is 6.90. The van der Waals surface area contributed by atoms with Crippen LogP contribution in [0.5, 0.6) is 0 Å². The molecule has 1 aromatic rings. The van der Waals surface area contributed by atoms with Crippen LogP contribution in [0.25, 0.3) is 0 Å². The van der Waals surface area contributed by atoms with Gasteiger partial charge in [-0.2, -0.15) is 0 Å². The van der Waals surface area contributed by atoms with Crippen molar-refractivity contribution in [3.05, 3.63) is 35.4 Å². The van der Waals surface area contributed by atoms with Gasteiger partial charge in [0.05, 0.1) is 5.92 Å². The summed E-state index contributed by atoms with van der Waals surface area (Å²) in [4.78, 5) is 25.4. The van der Waals surface area contributed by atoms with Crippen molar-refractivity contribution in [1.82, 2.24) is 4.90 Å². The van der Waals surface area contributed by atoms with E-state index in [2.05, 4.69) is 38.1 Å². The maximum Gasteiger partial charge on any atom is 0.308 e. The van der Waals surface area contributed by atoms with Gasteiger partial charge >= 0.3 is 5.97 Å². The molecule has 126 valence electrons. The summed E-state index contributed by atoms with van der Waals surface area (Å²) in [5.74, 6) is -0.635. The fourth-order valence-electron chi connectivity index (χ4n) is 3.12. The molecule has 0 saturated carbocycles. The third kappa shape index (κ3) is 4.57. The Kier molecular flexibility index (Phi) is 5.80. The van der Waals surface area contributed by atoms with Crippen LogP contribution >= 0.6 is 0 Å². The third-order valence-electron chi connectivity index (χ3n) is 4.83. The van der Waals surface area contributed by atoms with Crippen LogP contribution in [0, 0.1) is 5.92 Å². The number of carboxylic acids is 1. The van der Waals surface area contributed by atoms with Crippen LogP contribution in [0.4, 0.5) is 0 Å². The smallest absolute Gasteiger partial charge is 0.308 e. The van der Waals surface area contributed by atoms with Crippen molar-refractivity contribution >= 4 is 11.9 Å². The molecule has 1 aliphatic rings. The highest BCUT2D eigenvalue weighted by Gasteiger charge is 2.32. The van der Waals surface area contributed by atoms with Crippen molar-refractivity contribution < 1.29 is 14.7 Å². The Morgan fingerprint density at radius 2 is 1.87 bits per heavy atom. The molecule has 2 atom stereocenters. The van der Waals surface area contributed by atoms with Crippen LogP contribution in [0.1, 0.15) is 57.1 Å². The number of carbonyl (C=O) groups is 2. The van der Waals surface area contributed by atoms with Crippen LogP contribution in [-0.4, -0.2) is 34.5 Å². The zero-order valence-electron chi connectivity index (χ0n) is 14.3. The van der Waals surface area contributed by atoms with E-state index < -0.39 is 11.9 Å². The second-order valence-corrected chi connectivity index (χ2v) is 6.90. The number of hydrogen-bond donors (Lipinski definition) is 1. The summed E-state index contributed by atoms with van der Waals surface area (Å²) in [5.41, 5.74) is 2.45. The quantitative estimate of drug-likeness (QED) is 0.905. The average Bonchev–Trinajstić information content (AvgIpc) is 2.53. The summed E-state index contributed by atoms with van der Waals surface area (Å²) < 4.78 is 0. The first kappa shape index (κ1) is 17.5. The number of piperidine rings is 1. The zero-order valence-corrected chi connectivity index (χ0v) is 14.3. The number of likely N-dealkylation sites (tertiary alicyclic amines) is 1. The number of carboxylic acid groups (broad SMARTS) is 1. The molecule has 2 rings (SSSR count). The summed E-state index contributed by atoms with van der Waals surface area (Å²) in [6.45, 7) is 6.68. The van der Waals surface area contributed by atoms with Crippen molar-refractivity contribution in [2.45, 2.75) is 58.4 Å². The van der Waals surface area contributed by atoms with E-state index in [-0.39, 0.29) is 11.9 Å². The van der Waals surface area contributed by atoms with E-state index in [0.29, 0.717) is 31.7 Å². The van der Waals surface area contributed by atoms with Crippen molar-refractivity contribution in [1.29, 1.82) is 0 Å². The maximum absolute atomic E-state index is 12.5. The summed E-state index contributed by atoms with van der Waals surface area (Å²) in [7, 11) is 0. The topological polar surface area (TPSA) is 57.6 Å². The molecule has 1 saturated heterocycles.